The van der Waals surface area contributed by atoms with E-state index in [4.69, 9.17) is 9.52 Å². The number of amides is 2. The third-order valence-corrected chi connectivity index (χ3v) is 3.65. The Kier molecular flexibility index (Phi) is 4.65. The van der Waals surface area contributed by atoms with Crippen molar-refractivity contribution in [3.63, 3.8) is 0 Å². The number of nitrogens with one attached hydrogen (secondary N) is 2. The number of carboxylic acids is 1. The van der Waals surface area contributed by atoms with Crippen molar-refractivity contribution < 1.29 is 19.1 Å². The van der Waals surface area contributed by atoms with E-state index in [-0.39, 0.29) is 18.3 Å². The van der Waals surface area contributed by atoms with E-state index in [0.717, 1.165) is 5.92 Å². The number of carboxylic acid groups (broad SMARTS) is 1. The standard InChI is InChI=1S/C14H20N2O4/c1-9-2-3-10(6-9)7-15-14(19)16-8-11-4-5-12(20-11)13(17)18/h4-5,9-10H,2-3,6-8H2,1H3,(H,17,18)(H2,15,16,19). The third-order valence-electron chi connectivity index (χ3n) is 3.65. The zero-order valence-electron chi connectivity index (χ0n) is 11.5. The van der Waals surface area contributed by atoms with Gasteiger partial charge < -0.3 is 20.2 Å². The molecule has 2 amide bonds. The van der Waals surface area contributed by atoms with Crippen LogP contribution in [0.3, 0.4) is 0 Å². The fraction of sp³-hybridized carbons (Fsp3) is 0.571. The third kappa shape index (κ3) is 4.01. The van der Waals surface area contributed by atoms with Crippen LogP contribution in [0.25, 0.3) is 0 Å². The molecule has 110 valence electrons. The van der Waals surface area contributed by atoms with Gasteiger partial charge in [0.1, 0.15) is 5.76 Å². The Balaban J connectivity index is 1.68. The van der Waals surface area contributed by atoms with E-state index in [1.807, 2.05) is 0 Å². The fourth-order valence-corrected chi connectivity index (χ4v) is 2.57. The van der Waals surface area contributed by atoms with E-state index < -0.39 is 5.97 Å². The maximum atomic E-state index is 11.6. The summed E-state index contributed by atoms with van der Waals surface area (Å²) in [6.45, 7) is 3.10. The van der Waals surface area contributed by atoms with Gasteiger partial charge in [-0.1, -0.05) is 13.3 Å². The molecule has 6 nitrogen and oxygen atoms in total. The molecule has 3 N–H and O–H groups in total. The van der Waals surface area contributed by atoms with Crippen molar-refractivity contribution in [3.8, 4) is 0 Å². The van der Waals surface area contributed by atoms with Crippen LogP contribution in [0.4, 0.5) is 4.79 Å². The minimum atomic E-state index is -1.11. The van der Waals surface area contributed by atoms with Crippen LogP contribution in [-0.2, 0) is 6.54 Å². The smallest absolute Gasteiger partial charge is 0.371 e. The lowest BCUT2D eigenvalue weighted by Crippen LogP contribution is -2.37. The number of furan rings is 1. The van der Waals surface area contributed by atoms with Gasteiger partial charge in [0, 0.05) is 6.54 Å². The molecule has 1 aromatic rings. The molecule has 1 fully saturated rings. The highest BCUT2D eigenvalue weighted by molar-refractivity contribution is 5.84. The number of carbonyl (C=O) groups is 2. The van der Waals surface area contributed by atoms with Crippen LogP contribution in [0.5, 0.6) is 0 Å². The van der Waals surface area contributed by atoms with Gasteiger partial charge in [-0.2, -0.15) is 0 Å². The van der Waals surface area contributed by atoms with Crippen molar-refractivity contribution >= 4 is 12.0 Å². The highest BCUT2D eigenvalue weighted by atomic mass is 16.4. The van der Waals surface area contributed by atoms with Crippen LogP contribution in [0, 0.1) is 11.8 Å². The van der Waals surface area contributed by atoms with Gasteiger partial charge in [-0.25, -0.2) is 9.59 Å². The molecule has 0 aliphatic heterocycles. The van der Waals surface area contributed by atoms with Gasteiger partial charge >= 0.3 is 12.0 Å². The van der Waals surface area contributed by atoms with Crippen molar-refractivity contribution in [1.29, 1.82) is 0 Å². The molecule has 0 saturated heterocycles. The number of carbonyl (C=O) groups excluding carboxylic acids is 1. The Morgan fingerprint density at radius 2 is 2.15 bits per heavy atom. The SMILES string of the molecule is CC1CCC(CNC(=O)NCc2ccc(C(=O)O)o2)C1. The summed E-state index contributed by atoms with van der Waals surface area (Å²) in [6, 6.07) is 2.66. The maximum Gasteiger partial charge on any atom is 0.371 e. The molecule has 6 heteroatoms. The molecule has 1 heterocycles. The van der Waals surface area contributed by atoms with Gasteiger partial charge in [0.25, 0.3) is 0 Å². The Hall–Kier alpha value is -1.98. The van der Waals surface area contributed by atoms with Crippen molar-refractivity contribution in [1.82, 2.24) is 10.6 Å². The predicted molar refractivity (Wildman–Crippen MR) is 72.4 cm³/mol. The maximum absolute atomic E-state index is 11.6. The number of rotatable bonds is 5. The lowest BCUT2D eigenvalue weighted by Gasteiger charge is -2.11. The lowest BCUT2D eigenvalue weighted by atomic mass is 10.1. The first-order chi connectivity index (χ1) is 9.54. The van der Waals surface area contributed by atoms with E-state index in [0.29, 0.717) is 18.2 Å². The van der Waals surface area contributed by atoms with Crippen LogP contribution < -0.4 is 10.6 Å². The molecule has 0 aromatic carbocycles. The van der Waals surface area contributed by atoms with E-state index >= 15 is 0 Å². The molecule has 2 atom stereocenters. The molecule has 1 aliphatic rings. The Morgan fingerprint density at radius 1 is 1.35 bits per heavy atom. The molecule has 1 aromatic heterocycles. The van der Waals surface area contributed by atoms with Crippen LogP contribution in [0.2, 0.25) is 0 Å². The van der Waals surface area contributed by atoms with Crippen molar-refractivity contribution in [3.05, 3.63) is 23.7 Å². The van der Waals surface area contributed by atoms with E-state index in [1.54, 1.807) is 6.07 Å². The summed E-state index contributed by atoms with van der Waals surface area (Å²) in [5, 5.41) is 14.2. The van der Waals surface area contributed by atoms with Gasteiger partial charge in [-0.05, 0) is 36.8 Å². The number of hydrogen-bond acceptors (Lipinski definition) is 3. The monoisotopic (exact) mass is 280 g/mol. The summed E-state index contributed by atoms with van der Waals surface area (Å²) in [6.07, 6.45) is 3.57. The predicted octanol–water partition coefficient (Wildman–Crippen LogP) is 2.21. The van der Waals surface area contributed by atoms with E-state index in [1.165, 1.54) is 25.3 Å². The molecule has 1 aliphatic carbocycles. The second kappa shape index (κ2) is 6.45. The molecular formula is C14H20N2O4. The highest BCUT2D eigenvalue weighted by Gasteiger charge is 2.21. The van der Waals surface area contributed by atoms with Gasteiger partial charge in [-0.3, -0.25) is 0 Å². The first kappa shape index (κ1) is 14.4. The first-order valence-corrected chi connectivity index (χ1v) is 6.88. The Morgan fingerprint density at radius 3 is 2.75 bits per heavy atom. The fourth-order valence-electron chi connectivity index (χ4n) is 2.57. The highest BCUT2D eigenvalue weighted by Crippen LogP contribution is 2.29. The molecule has 1 saturated carbocycles. The summed E-state index contributed by atoms with van der Waals surface area (Å²) < 4.78 is 5.05. The molecule has 2 rings (SSSR count). The second-order valence-electron chi connectivity index (χ2n) is 5.42. The summed E-state index contributed by atoms with van der Waals surface area (Å²) in [5.74, 6) is 0.505. The van der Waals surface area contributed by atoms with Crippen LogP contribution in [-0.4, -0.2) is 23.7 Å². The molecular weight excluding hydrogens is 260 g/mol. The van der Waals surface area contributed by atoms with E-state index in [9.17, 15) is 9.59 Å². The molecule has 2 unspecified atom stereocenters. The van der Waals surface area contributed by atoms with Gasteiger partial charge in [0.2, 0.25) is 5.76 Å². The summed E-state index contributed by atoms with van der Waals surface area (Å²) >= 11 is 0. The number of urea groups is 1. The van der Waals surface area contributed by atoms with Crippen LogP contribution in [0.15, 0.2) is 16.5 Å². The van der Waals surface area contributed by atoms with E-state index in [2.05, 4.69) is 17.6 Å². The Bertz CT molecular complexity index is 483. The molecule has 20 heavy (non-hydrogen) atoms. The van der Waals surface area contributed by atoms with Gasteiger partial charge in [0.05, 0.1) is 6.54 Å². The van der Waals surface area contributed by atoms with Crippen molar-refractivity contribution in [2.75, 3.05) is 6.54 Å². The molecule has 0 bridgehead atoms. The van der Waals surface area contributed by atoms with Crippen LogP contribution >= 0.6 is 0 Å². The summed E-state index contributed by atoms with van der Waals surface area (Å²) in [5.41, 5.74) is 0. The largest absolute Gasteiger partial charge is 0.475 e. The average molecular weight is 280 g/mol. The molecule has 0 spiro atoms. The minimum Gasteiger partial charge on any atom is -0.475 e. The zero-order chi connectivity index (χ0) is 14.5. The second-order valence-corrected chi connectivity index (χ2v) is 5.42. The minimum absolute atomic E-state index is 0.123. The van der Waals surface area contributed by atoms with Crippen molar-refractivity contribution in [2.24, 2.45) is 11.8 Å². The van der Waals surface area contributed by atoms with Crippen LogP contribution in [0.1, 0.15) is 42.5 Å². The van der Waals surface area contributed by atoms with Crippen molar-refractivity contribution in [2.45, 2.75) is 32.7 Å². The topological polar surface area (TPSA) is 91.6 Å². The molecule has 0 radical (unpaired) electrons. The Labute approximate surface area is 117 Å². The van der Waals surface area contributed by atoms with Gasteiger partial charge in [-0.15, -0.1) is 0 Å². The number of aromatic carboxylic acids is 1. The first-order valence-electron chi connectivity index (χ1n) is 6.88. The lowest BCUT2D eigenvalue weighted by molar-refractivity contribution is 0.0660. The number of hydrogen-bond donors (Lipinski definition) is 3. The zero-order valence-corrected chi connectivity index (χ0v) is 11.5. The summed E-state index contributed by atoms with van der Waals surface area (Å²) in [7, 11) is 0. The quantitative estimate of drug-likeness (QED) is 0.771. The van der Waals surface area contributed by atoms with Gasteiger partial charge in [0.15, 0.2) is 0 Å². The summed E-state index contributed by atoms with van der Waals surface area (Å²) in [4.78, 5) is 22.3. The normalized spacial score (nSPS) is 21.6. The average Bonchev–Trinajstić information content (AvgIpc) is 3.03.